The lowest BCUT2D eigenvalue weighted by Gasteiger charge is -2.12. The van der Waals surface area contributed by atoms with Crippen molar-refractivity contribution in [2.24, 2.45) is 0 Å². The Morgan fingerprint density at radius 2 is 2.25 bits per heavy atom. The minimum atomic E-state index is 0.191. The third-order valence-electron chi connectivity index (χ3n) is 2.11. The van der Waals surface area contributed by atoms with Crippen molar-refractivity contribution in [2.75, 3.05) is 0 Å². The summed E-state index contributed by atoms with van der Waals surface area (Å²) in [7, 11) is 0. The van der Waals surface area contributed by atoms with Gasteiger partial charge in [-0.15, -0.1) is 0 Å². The van der Waals surface area contributed by atoms with E-state index < -0.39 is 0 Å². The third-order valence-corrected chi connectivity index (χ3v) is 2.11. The first kappa shape index (κ1) is 7.40. The number of ketones is 1. The Kier molecular flexibility index (Phi) is 1.64. The highest BCUT2D eigenvalue weighted by atomic mass is 16.1. The van der Waals surface area contributed by atoms with Crippen LogP contribution in [0.1, 0.15) is 34.7 Å². The lowest BCUT2D eigenvalue weighted by Crippen LogP contribution is -2.13. The van der Waals surface area contributed by atoms with Crippen molar-refractivity contribution in [2.45, 2.75) is 26.2 Å². The van der Waals surface area contributed by atoms with E-state index in [1.165, 1.54) is 0 Å². The number of carbonyl (C=O) groups excluding carboxylic acids is 1. The zero-order valence-electron chi connectivity index (χ0n) is 7.00. The number of rotatable bonds is 0. The van der Waals surface area contributed by atoms with Gasteiger partial charge in [0, 0.05) is 12.6 Å². The molecular formula is C9H10N2O. The second-order valence-corrected chi connectivity index (χ2v) is 3.05. The van der Waals surface area contributed by atoms with E-state index in [1.807, 2.05) is 6.92 Å². The summed E-state index contributed by atoms with van der Waals surface area (Å²) >= 11 is 0. The van der Waals surface area contributed by atoms with Crippen molar-refractivity contribution in [1.29, 1.82) is 0 Å². The summed E-state index contributed by atoms with van der Waals surface area (Å²) in [6.07, 6.45) is 4.16. The third kappa shape index (κ3) is 1.11. The Bertz CT molecular complexity index is 333. The summed E-state index contributed by atoms with van der Waals surface area (Å²) in [6, 6.07) is 0. The van der Waals surface area contributed by atoms with Crippen molar-refractivity contribution in [3.63, 3.8) is 0 Å². The van der Waals surface area contributed by atoms with Crippen LogP contribution in [0.15, 0.2) is 6.20 Å². The molecular weight excluding hydrogens is 152 g/mol. The van der Waals surface area contributed by atoms with Crippen LogP contribution < -0.4 is 0 Å². The minimum absolute atomic E-state index is 0.191. The Hall–Kier alpha value is -1.25. The highest BCUT2D eigenvalue weighted by Crippen LogP contribution is 2.17. The zero-order valence-corrected chi connectivity index (χ0v) is 7.00. The monoisotopic (exact) mass is 162 g/mol. The fraction of sp³-hybridized carbons (Fsp3) is 0.444. The molecule has 3 nitrogen and oxygen atoms in total. The highest BCUT2D eigenvalue weighted by molar-refractivity contribution is 5.97. The first-order valence-electron chi connectivity index (χ1n) is 4.13. The van der Waals surface area contributed by atoms with Gasteiger partial charge in [-0.25, -0.2) is 9.97 Å². The number of aromatic nitrogens is 2. The molecule has 1 aliphatic carbocycles. The zero-order chi connectivity index (χ0) is 8.55. The van der Waals surface area contributed by atoms with E-state index in [2.05, 4.69) is 9.97 Å². The molecule has 0 aromatic carbocycles. The molecule has 0 bridgehead atoms. The average molecular weight is 162 g/mol. The smallest absolute Gasteiger partial charge is 0.166 e. The number of carbonyl (C=O) groups is 1. The van der Waals surface area contributed by atoms with Gasteiger partial charge >= 0.3 is 0 Å². The van der Waals surface area contributed by atoms with Crippen molar-refractivity contribution in [3.8, 4) is 0 Å². The van der Waals surface area contributed by atoms with Gasteiger partial charge in [-0.3, -0.25) is 4.79 Å². The first-order chi connectivity index (χ1) is 5.77. The SMILES string of the molecule is Cc1ncc2c(n1)CCCC2=O. The minimum Gasteiger partial charge on any atom is -0.294 e. The normalized spacial score (nSPS) is 15.9. The molecule has 0 N–H and O–H groups in total. The van der Waals surface area contributed by atoms with E-state index in [0.29, 0.717) is 6.42 Å². The number of fused-ring (bicyclic) bond motifs is 1. The molecule has 0 unspecified atom stereocenters. The van der Waals surface area contributed by atoms with Crippen molar-refractivity contribution < 1.29 is 4.79 Å². The molecule has 3 heteroatoms. The Morgan fingerprint density at radius 1 is 1.42 bits per heavy atom. The Labute approximate surface area is 70.9 Å². The number of hydrogen-bond acceptors (Lipinski definition) is 3. The van der Waals surface area contributed by atoms with Gasteiger partial charge in [-0.2, -0.15) is 0 Å². The summed E-state index contributed by atoms with van der Waals surface area (Å²) in [5, 5.41) is 0. The predicted octanol–water partition coefficient (Wildman–Crippen LogP) is 1.30. The molecule has 0 amide bonds. The molecule has 1 aliphatic rings. The van der Waals surface area contributed by atoms with E-state index in [-0.39, 0.29) is 5.78 Å². The lowest BCUT2D eigenvalue weighted by molar-refractivity contribution is 0.0971. The molecule has 1 aromatic heterocycles. The van der Waals surface area contributed by atoms with E-state index in [9.17, 15) is 4.79 Å². The topological polar surface area (TPSA) is 42.9 Å². The van der Waals surface area contributed by atoms with Crippen LogP contribution in [-0.2, 0) is 6.42 Å². The first-order valence-corrected chi connectivity index (χ1v) is 4.13. The van der Waals surface area contributed by atoms with Crippen LogP contribution in [0, 0.1) is 6.92 Å². The number of hydrogen-bond donors (Lipinski definition) is 0. The van der Waals surface area contributed by atoms with Crippen molar-refractivity contribution in [3.05, 3.63) is 23.3 Å². The highest BCUT2D eigenvalue weighted by Gasteiger charge is 2.18. The van der Waals surface area contributed by atoms with Gasteiger partial charge in [-0.1, -0.05) is 0 Å². The molecule has 2 rings (SSSR count). The van der Waals surface area contributed by atoms with Crippen molar-refractivity contribution >= 4 is 5.78 Å². The van der Waals surface area contributed by atoms with Crippen LogP contribution in [0.2, 0.25) is 0 Å². The van der Waals surface area contributed by atoms with E-state index in [0.717, 1.165) is 29.9 Å². The quantitative estimate of drug-likeness (QED) is 0.577. The molecule has 0 saturated heterocycles. The second-order valence-electron chi connectivity index (χ2n) is 3.05. The van der Waals surface area contributed by atoms with Gasteiger partial charge in [0.1, 0.15) is 5.82 Å². The van der Waals surface area contributed by atoms with Crippen LogP contribution >= 0.6 is 0 Å². The molecule has 1 heterocycles. The van der Waals surface area contributed by atoms with Gasteiger partial charge in [0.25, 0.3) is 0 Å². The maximum Gasteiger partial charge on any atom is 0.166 e. The Balaban J connectivity index is 2.53. The van der Waals surface area contributed by atoms with Crippen LogP contribution in [0.4, 0.5) is 0 Å². The number of nitrogens with zero attached hydrogens (tertiary/aromatic N) is 2. The van der Waals surface area contributed by atoms with Crippen LogP contribution in [0.5, 0.6) is 0 Å². The van der Waals surface area contributed by atoms with E-state index in [1.54, 1.807) is 6.20 Å². The standard InChI is InChI=1S/C9H10N2O/c1-6-10-5-7-8(11-6)3-2-4-9(7)12/h5H,2-4H2,1H3. The second kappa shape index (κ2) is 2.66. The van der Waals surface area contributed by atoms with Crippen LogP contribution in [0.25, 0.3) is 0 Å². The number of aryl methyl sites for hydroxylation is 2. The van der Waals surface area contributed by atoms with Gasteiger partial charge in [0.2, 0.25) is 0 Å². The maximum absolute atomic E-state index is 11.3. The molecule has 1 aromatic rings. The van der Waals surface area contributed by atoms with Crippen LogP contribution in [0.3, 0.4) is 0 Å². The van der Waals surface area contributed by atoms with Gasteiger partial charge in [-0.05, 0) is 19.8 Å². The molecule has 12 heavy (non-hydrogen) atoms. The molecule has 0 fully saturated rings. The van der Waals surface area contributed by atoms with Gasteiger partial charge in [0.15, 0.2) is 5.78 Å². The van der Waals surface area contributed by atoms with Crippen LogP contribution in [-0.4, -0.2) is 15.8 Å². The molecule has 0 radical (unpaired) electrons. The van der Waals surface area contributed by atoms with E-state index >= 15 is 0 Å². The predicted molar refractivity (Wildman–Crippen MR) is 44.0 cm³/mol. The molecule has 62 valence electrons. The number of Topliss-reactive ketones (excluding diaryl/α,β-unsaturated/α-hetero) is 1. The average Bonchev–Trinajstić information content (AvgIpc) is 2.04. The molecule has 0 spiro atoms. The largest absolute Gasteiger partial charge is 0.294 e. The summed E-state index contributed by atoms with van der Waals surface area (Å²) < 4.78 is 0. The fourth-order valence-corrected chi connectivity index (χ4v) is 1.49. The van der Waals surface area contributed by atoms with E-state index in [4.69, 9.17) is 0 Å². The van der Waals surface area contributed by atoms with Gasteiger partial charge < -0.3 is 0 Å². The fourth-order valence-electron chi connectivity index (χ4n) is 1.49. The maximum atomic E-state index is 11.3. The summed E-state index contributed by atoms with van der Waals surface area (Å²) in [4.78, 5) is 19.6. The molecule has 0 atom stereocenters. The Morgan fingerprint density at radius 3 is 3.08 bits per heavy atom. The molecule has 0 aliphatic heterocycles. The summed E-state index contributed by atoms with van der Waals surface area (Å²) in [5.41, 5.74) is 1.66. The summed E-state index contributed by atoms with van der Waals surface area (Å²) in [6.45, 7) is 1.85. The molecule has 0 saturated carbocycles. The van der Waals surface area contributed by atoms with Gasteiger partial charge in [0.05, 0.1) is 11.3 Å². The van der Waals surface area contributed by atoms with Crippen molar-refractivity contribution in [1.82, 2.24) is 9.97 Å². The summed E-state index contributed by atoms with van der Waals surface area (Å²) in [5.74, 6) is 0.944. The lowest BCUT2D eigenvalue weighted by atomic mass is 9.96.